The fourth-order valence-corrected chi connectivity index (χ4v) is 2.68. The van der Waals surface area contributed by atoms with Gasteiger partial charge in [0.15, 0.2) is 0 Å². The molecule has 0 amide bonds. The lowest BCUT2D eigenvalue weighted by atomic mass is 9.93. The molecule has 1 saturated carbocycles. The van der Waals surface area contributed by atoms with Gasteiger partial charge >= 0.3 is 6.18 Å². The van der Waals surface area contributed by atoms with E-state index in [4.69, 9.17) is 11.6 Å². The molecule has 17 heavy (non-hydrogen) atoms. The van der Waals surface area contributed by atoms with Gasteiger partial charge in [0.2, 0.25) is 0 Å². The Bertz CT molecular complexity index is 417. The van der Waals surface area contributed by atoms with E-state index < -0.39 is 16.6 Å². The average Bonchev–Trinajstić information content (AvgIpc) is 2.64. The van der Waals surface area contributed by atoms with Crippen LogP contribution < -0.4 is 0 Å². The lowest BCUT2D eigenvalue weighted by Gasteiger charge is -2.22. The summed E-state index contributed by atoms with van der Waals surface area (Å²) in [5, 5.41) is 0. The normalized spacial score (nSPS) is 19.6. The molecule has 1 aliphatic rings. The highest BCUT2D eigenvalue weighted by molar-refractivity contribution is 6.24. The van der Waals surface area contributed by atoms with E-state index in [1.165, 1.54) is 0 Å². The second-order valence-electron chi connectivity index (χ2n) is 4.66. The molecule has 1 fully saturated rings. The standard InChI is InChI=1S/C13H13ClF3/c1-9-6-10(12(14)4-2-3-5-12)8-11(7-9)13(15,16)17/h6-7H,2-5H2,1H3. The van der Waals surface area contributed by atoms with Gasteiger partial charge in [-0.25, -0.2) is 0 Å². The predicted octanol–water partition coefficient (Wildman–Crippen LogP) is 4.82. The second-order valence-corrected chi connectivity index (χ2v) is 5.38. The van der Waals surface area contributed by atoms with Crippen LogP contribution in [0.5, 0.6) is 0 Å². The maximum absolute atomic E-state index is 12.7. The highest BCUT2D eigenvalue weighted by Crippen LogP contribution is 2.45. The fourth-order valence-electron chi connectivity index (χ4n) is 2.31. The van der Waals surface area contributed by atoms with E-state index in [0.29, 0.717) is 11.1 Å². The lowest BCUT2D eigenvalue weighted by Crippen LogP contribution is -2.16. The largest absolute Gasteiger partial charge is 0.417 e. The predicted molar refractivity (Wildman–Crippen MR) is 61.0 cm³/mol. The van der Waals surface area contributed by atoms with Gasteiger partial charge in [0.25, 0.3) is 0 Å². The van der Waals surface area contributed by atoms with E-state index in [9.17, 15) is 13.2 Å². The van der Waals surface area contributed by atoms with E-state index in [2.05, 4.69) is 6.07 Å². The van der Waals surface area contributed by atoms with Crippen molar-refractivity contribution in [2.24, 2.45) is 0 Å². The zero-order valence-corrected chi connectivity index (χ0v) is 10.3. The highest BCUT2D eigenvalue weighted by atomic mass is 35.5. The summed E-state index contributed by atoms with van der Waals surface area (Å²) in [6, 6.07) is 5.28. The number of hydrogen-bond donors (Lipinski definition) is 0. The summed E-state index contributed by atoms with van der Waals surface area (Å²) < 4.78 is 38.1. The van der Waals surface area contributed by atoms with Crippen molar-refractivity contribution in [2.75, 3.05) is 0 Å². The molecular weight excluding hydrogens is 249 g/mol. The van der Waals surface area contributed by atoms with Crippen molar-refractivity contribution in [1.29, 1.82) is 0 Å². The van der Waals surface area contributed by atoms with E-state index in [1.54, 1.807) is 13.0 Å². The summed E-state index contributed by atoms with van der Waals surface area (Å²) in [5.74, 6) is 0. The quantitative estimate of drug-likeness (QED) is 0.636. The SMILES string of the molecule is Cc1cc(C(F)(F)F)[c]c(C2(Cl)CCCC2)c1. The Morgan fingerprint density at radius 3 is 2.35 bits per heavy atom. The minimum Gasteiger partial charge on any atom is -0.166 e. The monoisotopic (exact) mass is 261 g/mol. The van der Waals surface area contributed by atoms with E-state index in [-0.39, 0.29) is 0 Å². The van der Waals surface area contributed by atoms with E-state index >= 15 is 0 Å². The van der Waals surface area contributed by atoms with Gasteiger partial charge in [-0.3, -0.25) is 0 Å². The molecule has 0 N–H and O–H groups in total. The van der Waals surface area contributed by atoms with Crippen LogP contribution in [0.1, 0.15) is 42.4 Å². The van der Waals surface area contributed by atoms with Crippen molar-refractivity contribution in [2.45, 2.75) is 43.7 Å². The smallest absolute Gasteiger partial charge is 0.166 e. The molecule has 0 unspecified atom stereocenters. The summed E-state index contributed by atoms with van der Waals surface area (Å²) in [5.41, 5.74) is 0.349. The number of alkyl halides is 4. The number of benzene rings is 1. The summed E-state index contributed by atoms with van der Waals surface area (Å²) in [4.78, 5) is -0.647. The van der Waals surface area contributed by atoms with Crippen molar-refractivity contribution in [3.8, 4) is 0 Å². The molecule has 0 aliphatic heterocycles. The van der Waals surface area contributed by atoms with Gasteiger partial charge in [-0.2, -0.15) is 13.2 Å². The molecule has 0 spiro atoms. The minimum atomic E-state index is -4.35. The molecule has 2 rings (SSSR count). The van der Waals surface area contributed by atoms with Crippen molar-refractivity contribution < 1.29 is 13.2 Å². The van der Waals surface area contributed by atoms with Crippen LogP contribution >= 0.6 is 11.6 Å². The van der Waals surface area contributed by atoms with E-state index in [0.717, 1.165) is 31.7 Å². The molecule has 0 atom stereocenters. The third kappa shape index (κ3) is 2.59. The Morgan fingerprint density at radius 1 is 1.24 bits per heavy atom. The van der Waals surface area contributed by atoms with Crippen LogP contribution in [0, 0.1) is 13.0 Å². The summed E-state index contributed by atoms with van der Waals surface area (Å²) >= 11 is 6.39. The number of aryl methyl sites for hydroxylation is 1. The van der Waals surface area contributed by atoms with Gasteiger partial charge in [0.1, 0.15) is 0 Å². The van der Waals surface area contributed by atoms with Gasteiger partial charge in [0.05, 0.1) is 10.4 Å². The topological polar surface area (TPSA) is 0 Å². The fraction of sp³-hybridized carbons (Fsp3) is 0.538. The molecule has 1 aliphatic carbocycles. The summed E-state index contributed by atoms with van der Waals surface area (Å²) in [6.45, 7) is 1.65. The number of hydrogen-bond acceptors (Lipinski definition) is 0. The Kier molecular flexibility index (Phi) is 3.15. The van der Waals surface area contributed by atoms with Gasteiger partial charge in [0, 0.05) is 0 Å². The first-order chi connectivity index (χ1) is 7.81. The average molecular weight is 262 g/mol. The van der Waals surface area contributed by atoms with Crippen LogP contribution in [0.15, 0.2) is 12.1 Å². The number of halogens is 4. The van der Waals surface area contributed by atoms with Crippen LogP contribution in [-0.2, 0) is 11.1 Å². The molecule has 1 radical (unpaired) electrons. The summed E-state index contributed by atoms with van der Waals surface area (Å²) in [6.07, 6.45) is -0.969. The van der Waals surface area contributed by atoms with Crippen molar-refractivity contribution in [3.05, 3.63) is 34.9 Å². The summed E-state index contributed by atoms with van der Waals surface area (Å²) in [7, 11) is 0. The molecule has 0 nitrogen and oxygen atoms in total. The molecule has 0 bridgehead atoms. The molecule has 0 saturated heterocycles. The maximum atomic E-state index is 12.7. The third-order valence-electron chi connectivity index (χ3n) is 3.20. The maximum Gasteiger partial charge on any atom is 0.417 e. The third-order valence-corrected chi connectivity index (χ3v) is 3.78. The zero-order valence-electron chi connectivity index (χ0n) is 9.49. The minimum absolute atomic E-state index is 0.490. The molecule has 1 aromatic rings. The van der Waals surface area contributed by atoms with Crippen LogP contribution in [-0.4, -0.2) is 0 Å². The number of rotatable bonds is 1. The Balaban J connectivity index is 2.45. The highest BCUT2D eigenvalue weighted by Gasteiger charge is 2.37. The van der Waals surface area contributed by atoms with Crippen molar-refractivity contribution in [1.82, 2.24) is 0 Å². The van der Waals surface area contributed by atoms with Gasteiger partial charge in [-0.1, -0.05) is 24.5 Å². The first kappa shape index (κ1) is 12.7. The van der Waals surface area contributed by atoms with Gasteiger partial charge in [-0.05, 0) is 37.5 Å². The molecule has 0 aromatic heterocycles. The van der Waals surface area contributed by atoms with Crippen LogP contribution in [0.25, 0.3) is 0 Å². The Labute approximate surface area is 104 Å². The Hall–Kier alpha value is -0.700. The Morgan fingerprint density at radius 2 is 1.82 bits per heavy atom. The van der Waals surface area contributed by atoms with Crippen LogP contribution in [0.2, 0.25) is 0 Å². The van der Waals surface area contributed by atoms with Gasteiger partial charge in [-0.15, -0.1) is 11.6 Å². The molecule has 93 valence electrons. The first-order valence-electron chi connectivity index (χ1n) is 5.62. The van der Waals surface area contributed by atoms with Crippen molar-refractivity contribution >= 4 is 11.6 Å². The van der Waals surface area contributed by atoms with Crippen molar-refractivity contribution in [3.63, 3.8) is 0 Å². The lowest BCUT2D eigenvalue weighted by molar-refractivity contribution is -0.137. The molecule has 4 heteroatoms. The second kappa shape index (κ2) is 4.20. The molecule has 0 heterocycles. The molecular formula is C13H13ClF3. The zero-order chi connectivity index (χ0) is 12.7. The van der Waals surface area contributed by atoms with E-state index in [1.807, 2.05) is 0 Å². The van der Waals surface area contributed by atoms with Crippen LogP contribution in [0.3, 0.4) is 0 Å². The van der Waals surface area contributed by atoms with Crippen LogP contribution in [0.4, 0.5) is 13.2 Å². The van der Waals surface area contributed by atoms with Gasteiger partial charge < -0.3 is 0 Å². The first-order valence-corrected chi connectivity index (χ1v) is 6.00. The molecule has 1 aromatic carbocycles.